The first-order valence-corrected chi connectivity index (χ1v) is 8.60. The topological polar surface area (TPSA) is 75.8 Å². The van der Waals surface area contributed by atoms with E-state index >= 15 is 0 Å². The number of ether oxygens (including phenoxy) is 1. The van der Waals surface area contributed by atoms with Gasteiger partial charge in [-0.05, 0) is 18.9 Å². The average Bonchev–Trinajstić information content (AvgIpc) is 3.10. The Morgan fingerprint density at radius 3 is 2.92 bits per heavy atom. The number of aliphatic hydroxyl groups excluding tert-OH is 1. The van der Waals surface area contributed by atoms with Gasteiger partial charge in [0.05, 0.1) is 25.5 Å². The quantitative estimate of drug-likeness (QED) is 0.898. The molecule has 1 fully saturated rings. The molecule has 1 aliphatic heterocycles. The van der Waals surface area contributed by atoms with Crippen molar-refractivity contribution in [3.05, 3.63) is 52.9 Å². The monoisotopic (exact) mass is 344 g/mol. The fourth-order valence-electron chi connectivity index (χ4n) is 3.21. The van der Waals surface area contributed by atoms with Crippen molar-refractivity contribution in [1.82, 2.24) is 10.1 Å². The zero-order valence-corrected chi connectivity index (χ0v) is 14.7. The molecule has 2 aromatic rings. The van der Waals surface area contributed by atoms with Crippen LogP contribution in [0.3, 0.4) is 0 Å². The molecule has 3 rings (SSSR count). The van der Waals surface area contributed by atoms with Crippen LogP contribution in [0.15, 0.2) is 34.9 Å². The van der Waals surface area contributed by atoms with Crippen LogP contribution in [0.2, 0.25) is 0 Å². The van der Waals surface area contributed by atoms with E-state index in [0.717, 1.165) is 16.8 Å². The molecule has 1 aliphatic rings. The molecular weight excluding hydrogens is 320 g/mol. The Morgan fingerprint density at radius 2 is 2.24 bits per heavy atom. The van der Waals surface area contributed by atoms with Gasteiger partial charge in [0.1, 0.15) is 5.60 Å². The lowest BCUT2D eigenvalue weighted by molar-refractivity contribution is -0.124. The van der Waals surface area contributed by atoms with Gasteiger partial charge in [0.2, 0.25) is 5.76 Å². The molecule has 1 N–H and O–H groups in total. The van der Waals surface area contributed by atoms with E-state index in [9.17, 15) is 9.90 Å². The third-order valence-electron chi connectivity index (χ3n) is 4.56. The summed E-state index contributed by atoms with van der Waals surface area (Å²) in [5.41, 5.74) is 2.19. The number of nitrogens with zero attached hydrogens (tertiary/aromatic N) is 2. The van der Waals surface area contributed by atoms with Gasteiger partial charge in [-0.25, -0.2) is 0 Å². The lowest BCUT2D eigenvalue weighted by Gasteiger charge is -2.41. The average molecular weight is 344 g/mol. The minimum atomic E-state index is -0.796. The fraction of sp³-hybridized carbons (Fsp3) is 0.474. The normalized spacial score (nSPS) is 20.7. The maximum Gasteiger partial charge on any atom is 0.292 e. The lowest BCUT2D eigenvalue weighted by atomic mass is 9.92. The second-order valence-corrected chi connectivity index (χ2v) is 6.62. The zero-order valence-electron chi connectivity index (χ0n) is 14.7. The number of benzene rings is 1. The molecular formula is C19H24N2O4. The number of hydrogen-bond donors (Lipinski definition) is 1. The van der Waals surface area contributed by atoms with Gasteiger partial charge in [-0.3, -0.25) is 4.79 Å². The molecule has 1 aromatic heterocycles. The third kappa shape index (κ3) is 3.91. The summed E-state index contributed by atoms with van der Waals surface area (Å²) >= 11 is 0. The van der Waals surface area contributed by atoms with Gasteiger partial charge in [0, 0.05) is 19.0 Å². The maximum atomic E-state index is 12.7. The fourth-order valence-corrected chi connectivity index (χ4v) is 3.21. The largest absolute Gasteiger partial charge is 0.393 e. The van der Waals surface area contributed by atoms with Gasteiger partial charge in [-0.1, -0.05) is 41.9 Å². The molecule has 1 aromatic carbocycles. The summed E-state index contributed by atoms with van der Waals surface area (Å²) in [5.74, 6) is 0.0266. The van der Waals surface area contributed by atoms with Crippen LogP contribution < -0.4 is 0 Å². The number of carbonyl (C=O) groups is 1. The standard InChI is InChI=1S/C19H24N2O4/c1-3-16-10-17(25-20-16)18(23)21-7-8-24-19(12-21,13-22)11-15-6-4-5-14(2)9-15/h4-6,9-10,22H,3,7-8,11-13H2,1-2H3. The van der Waals surface area contributed by atoms with Gasteiger partial charge < -0.3 is 19.3 Å². The first-order valence-electron chi connectivity index (χ1n) is 8.60. The predicted octanol–water partition coefficient (Wildman–Crippen LogP) is 1.99. The van der Waals surface area contributed by atoms with Crippen molar-refractivity contribution < 1.29 is 19.2 Å². The van der Waals surface area contributed by atoms with Crippen LogP contribution in [-0.4, -0.2) is 53.0 Å². The smallest absolute Gasteiger partial charge is 0.292 e. The molecule has 6 heteroatoms. The van der Waals surface area contributed by atoms with Gasteiger partial charge in [-0.15, -0.1) is 0 Å². The molecule has 0 spiro atoms. The first-order chi connectivity index (χ1) is 12.0. The van der Waals surface area contributed by atoms with Crippen LogP contribution >= 0.6 is 0 Å². The number of amides is 1. The number of morpholine rings is 1. The maximum absolute atomic E-state index is 12.7. The molecule has 6 nitrogen and oxygen atoms in total. The second kappa shape index (κ2) is 7.37. The molecule has 25 heavy (non-hydrogen) atoms. The molecule has 0 radical (unpaired) electrons. The molecule has 134 valence electrons. The van der Waals surface area contributed by atoms with Crippen molar-refractivity contribution in [3.8, 4) is 0 Å². The Morgan fingerprint density at radius 1 is 1.40 bits per heavy atom. The number of aromatic nitrogens is 1. The van der Waals surface area contributed by atoms with Crippen molar-refractivity contribution in [2.45, 2.75) is 32.3 Å². The van der Waals surface area contributed by atoms with Crippen LogP contribution in [-0.2, 0) is 17.6 Å². The highest BCUT2D eigenvalue weighted by Crippen LogP contribution is 2.25. The van der Waals surface area contributed by atoms with Gasteiger partial charge in [-0.2, -0.15) is 0 Å². The summed E-state index contributed by atoms with van der Waals surface area (Å²) < 4.78 is 11.1. The molecule has 0 bridgehead atoms. The summed E-state index contributed by atoms with van der Waals surface area (Å²) in [4.78, 5) is 14.4. The van der Waals surface area contributed by atoms with E-state index in [-0.39, 0.29) is 18.3 Å². The van der Waals surface area contributed by atoms with E-state index in [1.54, 1.807) is 11.0 Å². The van der Waals surface area contributed by atoms with Crippen molar-refractivity contribution in [3.63, 3.8) is 0 Å². The summed E-state index contributed by atoms with van der Waals surface area (Å²) in [7, 11) is 0. The third-order valence-corrected chi connectivity index (χ3v) is 4.56. The van der Waals surface area contributed by atoms with E-state index in [0.29, 0.717) is 32.5 Å². The van der Waals surface area contributed by atoms with Crippen molar-refractivity contribution >= 4 is 5.91 Å². The molecule has 1 saturated heterocycles. The molecule has 1 atom stereocenters. The van der Waals surface area contributed by atoms with Crippen molar-refractivity contribution in [2.24, 2.45) is 0 Å². The van der Waals surface area contributed by atoms with E-state index in [4.69, 9.17) is 9.26 Å². The number of hydrogen-bond acceptors (Lipinski definition) is 5. The van der Waals surface area contributed by atoms with E-state index < -0.39 is 5.60 Å². The Labute approximate surface area is 147 Å². The predicted molar refractivity (Wildman–Crippen MR) is 92.4 cm³/mol. The zero-order chi connectivity index (χ0) is 17.9. The van der Waals surface area contributed by atoms with E-state index in [1.165, 1.54) is 0 Å². The highest BCUT2D eigenvalue weighted by molar-refractivity contribution is 5.91. The highest BCUT2D eigenvalue weighted by Gasteiger charge is 2.39. The first kappa shape index (κ1) is 17.6. The molecule has 2 heterocycles. The molecule has 1 unspecified atom stereocenters. The molecule has 0 saturated carbocycles. The lowest BCUT2D eigenvalue weighted by Crippen LogP contribution is -2.56. The van der Waals surface area contributed by atoms with Crippen LogP contribution in [0.25, 0.3) is 0 Å². The minimum Gasteiger partial charge on any atom is -0.393 e. The van der Waals surface area contributed by atoms with Crippen LogP contribution in [0.4, 0.5) is 0 Å². The number of rotatable bonds is 5. The summed E-state index contributed by atoms with van der Waals surface area (Å²) in [6.45, 7) is 5.00. The van der Waals surface area contributed by atoms with Gasteiger partial charge in [0.25, 0.3) is 5.91 Å². The minimum absolute atomic E-state index is 0.151. The molecule has 0 aliphatic carbocycles. The van der Waals surface area contributed by atoms with Crippen LogP contribution in [0.5, 0.6) is 0 Å². The van der Waals surface area contributed by atoms with Crippen LogP contribution in [0, 0.1) is 6.92 Å². The number of aliphatic hydroxyl groups is 1. The number of carbonyl (C=O) groups excluding carboxylic acids is 1. The second-order valence-electron chi connectivity index (χ2n) is 6.62. The van der Waals surface area contributed by atoms with E-state index in [1.807, 2.05) is 32.0 Å². The number of aryl methyl sites for hydroxylation is 2. The van der Waals surface area contributed by atoms with Crippen molar-refractivity contribution in [1.29, 1.82) is 0 Å². The highest BCUT2D eigenvalue weighted by atomic mass is 16.5. The van der Waals surface area contributed by atoms with E-state index in [2.05, 4.69) is 11.2 Å². The SMILES string of the molecule is CCc1cc(C(=O)N2CCOC(CO)(Cc3cccc(C)c3)C2)on1. The van der Waals surface area contributed by atoms with Gasteiger partial charge >= 0.3 is 0 Å². The molecule has 1 amide bonds. The van der Waals surface area contributed by atoms with Gasteiger partial charge in [0.15, 0.2) is 0 Å². The summed E-state index contributed by atoms with van der Waals surface area (Å²) in [6, 6.07) is 9.78. The summed E-state index contributed by atoms with van der Waals surface area (Å²) in [6.07, 6.45) is 1.26. The Hall–Kier alpha value is -2.18. The Balaban J connectivity index is 1.76. The van der Waals surface area contributed by atoms with Crippen LogP contribution in [0.1, 0.15) is 34.3 Å². The summed E-state index contributed by atoms with van der Waals surface area (Å²) in [5, 5.41) is 13.9. The Kier molecular flexibility index (Phi) is 5.20. The Bertz CT molecular complexity index is 743. The van der Waals surface area contributed by atoms with Crippen molar-refractivity contribution in [2.75, 3.05) is 26.3 Å².